The van der Waals surface area contributed by atoms with Gasteiger partial charge in [0.05, 0.1) is 0 Å². The molecule has 0 atom stereocenters. The van der Waals surface area contributed by atoms with Crippen molar-refractivity contribution in [1.29, 1.82) is 0 Å². The zero-order chi connectivity index (χ0) is 20.8. The number of hydrogen-bond donors (Lipinski definition) is 2. The minimum atomic E-state index is -0.254. The molecule has 0 bridgehead atoms. The van der Waals surface area contributed by atoms with Gasteiger partial charge >= 0.3 is 0 Å². The van der Waals surface area contributed by atoms with Crippen molar-refractivity contribution in [2.75, 3.05) is 0 Å². The van der Waals surface area contributed by atoms with Crippen LogP contribution < -0.4 is 20.1 Å². The lowest BCUT2D eigenvalue weighted by Crippen LogP contribution is -2.21. The van der Waals surface area contributed by atoms with E-state index in [1.807, 2.05) is 78.9 Å². The largest absolute Gasteiger partial charge is 0.485 e. The van der Waals surface area contributed by atoms with Crippen molar-refractivity contribution in [3.63, 3.8) is 0 Å². The fourth-order valence-corrected chi connectivity index (χ4v) is 3.17. The Morgan fingerprint density at radius 2 is 1.37 bits per heavy atom. The molecule has 30 heavy (non-hydrogen) atoms. The Morgan fingerprint density at radius 3 is 1.93 bits per heavy atom. The fraction of sp³-hybridized carbons (Fsp3) is 0.0833. The van der Waals surface area contributed by atoms with E-state index in [1.165, 1.54) is 0 Å². The van der Waals surface area contributed by atoms with E-state index in [9.17, 15) is 4.79 Å². The standard InChI is InChI=1S/C24H20N2O3S/c27-23-20(25-24(30)26-23)13-19-11-12-21(28-15-17-7-3-1-4-8-17)22(14-19)29-16-18-9-5-2-6-10-18/h1-14H,15-16H2,(H2,25,26,27,30). The van der Waals surface area contributed by atoms with Crippen LogP contribution in [-0.2, 0) is 18.0 Å². The van der Waals surface area contributed by atoms with Crippen LogP contribution in [0.1, 0.15) is 16.7 Å². The van der Waals surface area contributed by atoms with E-state index in [0.717, 1.165) is 16.7 Å². The molecule has 0 unspecified atom stereocenters. The van der Waals surface area contributed by atoms with Gasteiger partial charge in [0.15, 0.2) is 16.6 Å². The highest BCUT2D eigenvalue weighted by Gasteiger charge is 2.20. The zero-order valence-electron chi connectivity index (χ0n) is 16.1. The normalized spacial score (nSPS) is 14.3. The molecular weight excluding hydrogens is 396 g/mol. The van der Waals surface area contributed by atoms with E-state index in [2.05, 4.69) is 10.6 Å². The molecule has 2 N–H and O–H groups in total. The average molecular weight is 417 g/mol. The smallest absolute Gasteiger partial charge is 0.273 e. The maximum Gasteiger partial charge on any atom is 0.273 e. The number of hydrogen-bond acceptors (Lipinski definition) is 4. The number of rotatable bonds is 7. The topological polar surface area (TPSA) is 59.6 Å². The first-order valence-electron chi connectivity index (χ1n) is 9.49. The molecule has 0 radical (unpaired) electrons. The van der Waals surface area contributed by atoms with Gasteiger partial charge in [-0.25, -0.2) is 0 Å². The van der Waals surface area contributed by atoms with Crippen LogP contribution in [0.4, 0.5) is 0 Å². The SMILES string of the molecule is O=C1NC(=S)NC1=Cc1ccc(OCc2ccccc2)c(OCc2ccccc2)c1. The van der Waals surface area contributed by atoms with Crippen LogP contribution in [0.25, 0.3) is 6.08 Å². The summed E-state index contributed by atoms with van der Waals surface area (Å²) in [6, 6.07) is 25.4. The Labute approximate surface area is 180 Å². The Morgan fingerprint density at radius 1 is 0.767 bits per heavy atom. The maximum absolute atomic E-state index is 11.9. The molecule has 1 saturated heterocycles. The molecule has 4 rings (SSSR count). The molecule has 0 aromatic heterocycles. The quantitative estimate of drug-likeness (QED) is 0.447. The van der Waals surface area contributed by atoms with Gasteiger partial charge in [-0.05, 0) is 47.1 Å². The van der Waals surface area contributed by atoms with Crippen molar-refractivity contribution >= 4 is 29.3 Å². The molecule has 3 aromatic rings. The van der Waals surface area contributed by atoms with Crippen molar-refractivity contribution in [2.24, 2.45) is 0 Å². The van der Waals surface area contributed by atoms with Gasteiger partial charge in [-0.15, -0.1) is 0 Å². The van der Waals surface area contributed by atoms with Crippen molar-refractivity contribution in [1.82, 2.24) is 10.6 Å². The van der Waals surface area contributed by atoms with E-state index in [-0.39, 0.29) is 5.91 Å². The molecule has 0 aliphatic carbocycles. The average Bonchev–Trinajstić information content (AvgIpc) is 3.09. The maximum atomic E-state index is 11.9. The molecule has 1 fully saturated rings. The van der Waals surface area contributed by atoms with E-state index in [1.54, 1.807) is 6.08 Å². The summed E-state index contributed by atoms with van der Waals surface area (Å²) in [4.78, 5) is 11.9. The number of carbonyl (C=O) groups is 1. The number of nitrogens with one attached hydrogen (secondary N) is 2. The summed E-state index contributed by atoms with van der Waals surface area (Å²) in [6.07, 6.45) is 1.73. The second kappa shape index (κ2) is 9.24. The number of carbonyl (C=O) groups excluding carboxylic acids is 1. The lowest BCUT2D eigenvalue weighted by atomic mass is 10.1. The monoisotopic (exact) mass is 416 g/mol. The second-order valence-electron chi connectivity index (χ2n) is 6.72. The first-order chi connectivity index (χ1) is 14.7. The summed E-state index contributed by atoms with van der Waals surface area (Å²) in [6.45, 7) is 0.840. The van der Waals surface area contributed by atoms with Crippen LogP contribution in [0.15, 0.2) is 84.6 Å². The Kier molecular flexibility index (Phi) is 6.06. The van der Waals surface area contributed by atoms with E-state index in [4.69, 9.17) is 21.7 Å². The molecule has 1 amide bonds. The Hall–Kier alpha value is -3.64. The molecule has 3 aromatic carbocycles. The summed E-state index contributed by atoms with van der Waals surface area (Å²) in [5.74, 6) is 0.984. The molecule has 0 saturated carbocycles. The number of amides is 1. The van der Waals surface area contributed by atoms with Crippen LogP contribution in [0, 0.1) is 0 Å². The van der Waals surface area contributed by atoms with Crippen molar-refractivity contribution in [3.05, 3.63) is 101 Å². The molecule has 5 nitrogen and oxygen atoms in total. The third kappa shape index (κ3) is 5.04. The van der Waals surface area contributed by atoms with Gasteiger partial charge in [0, 0.05) is 0 Å². The minimum absolute atomic E-state index is 0.254. The van der Waals surface area contributed by atoms with Gasteiger partial charge in [0.2, 0.25) is 0 Å². The zero-order valence-corrected chi connectivity index (χ0v) is 16.9. The second-order valence-corrected chi connectivity index (χ2v) is 7.13. The van der Waals surface area contributed by atoms with Gasteiger partial charge in [-0.2, -0.15) is 0 Å². The number of ether oxygens (including phenoxy) is 2. The molecule has 1 aliphatic rings. The van der Waals surface area contributed by atoms with E-state index >= 15 is 0 Å². The molecular formula is C24H20N2O3S. The lowest BCUT2D eigenvalue weighted by molar-refractivity contribution is -0.115. The highest BCUT2D eigenvalue weighted by Crippen LogP contribution is 2.31. The summed E-state index contributed by atoms with van der Waals surface area (Å²) in [5, 5.41) is 5.71. The van der Waals surface area contributed by atoms with Gasteiger partial charge in [0.1, 0.15) is 18.9 Å². The highest BCUT2D eigenvalue weighted by atomic mass is 32.1. The first kappa shape index (κ1) is 19.7. The van der Waals surface area contributed by atoms with E-state index < -0.39 is 0 Å². The summed E-state index contributed by atoms with van der Waals surface area (Å²) >= 11 is 4.98. The van der Waals surface area contributed by atoms with Crippen molar-refractivity contribution < 1.29 is 14.3 Å². The Balaban J connectivity index is 1.57. The summed E-state index contributed by atoms with van der Waals surface area (Å²) in [5.41, 5.74) is 3.31. The summed E-state index contributed by atoms with van der Waals surface area (Å²) < 4.78 is 12.1. The van der Waals surface area contributed by atoms with Crippen molar-refractivity contribution in [3.8, 4) is 11.5 Å². The number of benzene rings is 3. The van der Waals surface area contributed by atoms with Crippen LogP contribution in [-0.4, -0.2) is 11.0 Å². The van der Waals surface area contributed by atoms with Crippen molar-refractivity contribution in [2.45, 2.75) is 13.2 Å². The molecule has 1 heterocycles. The first-order valence-corrected chi connectivity index (χ1v) is 9.90. The van der Waals surface area contributed by atoms with Crippen LogP contribution >= 0.6 is 12.2 Å². The van der Waals surface area contributed by atoms with E-state index in [0.29, 0.717) is 35.5 Å². The van der Waals surface area contributed by atoms with Gasteiger partial charge in [-0.3, -0.25) is 10.1 Å². The predicted molar refractivity (Wildman–Crippen MR) is 120 cm³/mol. The van der Waals surface area contributed by atoms with Crippen LogP contribution in [0.3, 0.4) is 0 Å². The molecule has 6 heteroatoms. The van der Waals surface area contributed by atoms with Gasteiger partial charge in [0.25, 0.3) is 5.91 Å². The third-order valence-corrected chi connectivity index (χ3v) is 4.68. The Bertz CT molecular complexity index is 1080. The minimum Gasteiger partial charge on any atom is -0.485 e. The molecule has 0 spiro atoms. The fourth-order valence-electron chi connectivity index (χ4n) is 2.97. The predicted octanol–water partition coefficient (Wildman–Crippen LogP) is 4.19. The number of thiocarbonyl (C=S) groups is 1. The summed E-state index contributed by atoms with van der Waals surface area (Å²) in [7, 11) is 0. The third-order valence-electron chi connectivity index (χ3n) is 4.47. The lowest BCUT2D eigenvalue weighted by Gasteiger charge is -2.14. The molecule has 150 valence electrons. The van der Waals surface area contributed by atoms with Crippen LogP contribution in [0.2, 0.25) is 0 Å². The van der Waals surface area contributed by atoms with Gasteiger partial charge < -0.3 is 14.8 Å². The van der Waals surface area contributed by atoms with Gasteiger partial charge in [-0.1, -0.05) is 66.7 Å². The van der Waals surface area contributed by atoms with Crippen LogP contribution in [0.5, 0.6) is 11.5 Å². The highest BCUT2D eigenvalue weighted by molar-refractivity contribution is 7.80. The molecule has 1 aliphatic heterocycles.